The van der Waals surface area contributed by atoms with Gasteiger partial charge in [0.05, 0.1) is 0 Å². The molecular weight excluding hydrogens is 863 g/mol. The van der Waals surface area contributed by atoms with Crippen molar-refractivity contribution < 1.29 is 76.4 Å². The van der Waals surface area contributed by atoms with Crippen LogP contribution in [0.1, 0.15) is 6.92 Å². The van der Waals surface area contributed by atoms with E-state index >= 15 is 0 Å². The average Bonchev–Trinajstić information content (AvgIpc) is 3.29. The molecule has 1 spiro atoms. The summed E-state index contributed by atoms with van der Waals surface area (Å²) in [6.45, 7) is 1.13. The number of azo groups is 2. The van der Waals surface area contributed by atoms with Crippen molar-refractivity contribution in [1.82, 2.24) is 0 Å². The van der Waals surface area contributed by atoms with Crippen molar-refractivity contribution in [3.8, 4) is 11.5 Å². The van der Waals surface area contributed by atoms with E-state index in [9.17, 15) is 42.8 Å². The fourth-order valence-electron chi connectivity index (χ4n) is 4.49. The molecule has 2 amide bonds. The first kappa shape index (κ1) is 40.8. The molecule has 0 aliphatic carbocycles. The normalized spacial score (nSPS) is 19.3. The van der Waals surface area contributed by atoms with Crippen LogP contribution in [0.3, 0.4) is 0 Å². The summed E-state index contributed by atoms with van der Waals surface area (Å²) in [6.07, 6.45) is 0.580. The number of anilines is 2. The minimum atomic E-state index is -5.49. The Morgan fingerprint density at radius 3 is 1.93 bits per heavy atom. The Kier molecular flexibility index (Phi) is 12.0. The number of non-ortho nitro benzene ring substituents is 2. The molecule has 0 saturated heterocycles. The molecule has 27 heteroatoms. The van der Waals surface area contributed by atoms with Crippen LogP contribution < -0.4 is 18.3 Å². The minimum absolute atomic E-state index is 0.0920. The van der Waals surface area contributed by atoms with E-state index in [0.29, 0.717) is 18.4 Å². The molecule has 4 N–H and O–H groups in total. The van der Waals surface area contributed by atoms with Gasteiger partial charge in [-0.1, -0.05) is 0 Å². The Hall–Kier alpha value is -6.85. The van der Waals surface area contributed by atoms with Crippen molar-refractivity contribution in [2.24, 2.45) is 20.5 Å². The number of nitro groups is 2. The average molecular weight is 886 g/mol. The number of carbonyl (C=O) groups is 2. The first-order valence-corrected chi connectivity index (χ1v) is 19.3. The van der Waals surface area contributed by atoms with Gasteiger partial charge in [0.15, 0.2) is 0 Å². The Bertz CT molecular complexity index is 2560. The number of nitro benzene ring substituents is 2. The molecule has 6 rings (SSSR count). The molecular formula is C31H22CoN8O16S2. The van der Waals surface area contributed by atoms with Crippen molar-refractivity contribution in [3.05, 3.63) is 129 Å². The third-order valence-electron chi connectivity index (χ3n) is 7.00. The Morgan fingerprint density at radius 1 is 0.793 bits per heavy atom. The summed E-state index contributed by atoms with van der Waals surface area (Å²) in [4.78, 5) is 47.5. The van der Waals surface area contributed by atoms with E-state index in [-0.39, 0.29) is 23.4 Å². The first-order chi connectivity index (χ1) is 27.7. The van der Waals surface area contributed by atoms with Crippen LogP contribution in [0.4, 0.5) is 34.1 Å². The molecule has 2 heterocycles. The van der Waals surface area contributed by atoms with Gasteiger partial charge in [-0.2, -0.15) is 0 Å². The molecule has 24 nitrogen and oxygen atoms in total. The van der Waals surface area contributed by atoms with Crippen LogP contribution in [0, 0.1) is 20.2 Å². The summed E-state index contributed by atoms with van der Waals surface area (Å²) in [5.41, 5.74) is -3.94. The van der Waals surface area contributed by atoms with E-state index < -0.39 is 107 Å². The second-order valence-electron chi connectivity index (χ2n) is 10.9. The molecule has 1 unspecified atom stereocenters. The summed E-state index contributed by atoms with van der Waals surface area (Å²) in [7, 11) is -5.49. The van der Waals surface area contributed by atoms with Crippen LogP contribution in [0.15, 0.2) is 139 Å². The van der Waals surface area contributed by atoms with Gasteiger partial charge in [-0.05, 0) is 0 Å². The number of fused-ring (bicyclic) bond motifs is 2. The molecule has 4 aromatic rings. The Labute approximate surface area is 331 Å². The third kappa shape index (κ3) is 9.39. The molecule has 0 radical (unpaired) electrons. The predicted molar refractivity (Wildman–Crippen MR) is 190 cm³/mol. The third-order valence-corrected chi connectivity index (χ3v) is 10.4. The molecule has 1 atom stereocenters. The summed E-state index contributed by atoms with van der Waals surface area (Å²) in [5, 5.41) is 57.1. The van der Waals surface area contributed by atoms with Crippen LogP contribution in [-0.4, -0.2) is 39.9 Å². The molecule has 0 bridgehead atoms. The second-order valence-corrected chi connectivity index (χ2v) is 14.9. The zero-order chi connectivity index (χ0) is 41.6. The number of nitrogens with zero attached hydrogens (tertiary/aromatic N) is 6. The molecule has 4 aromatic carbocycles. The second kappa shape index (κ2) is 17.1. The van der Waals surface area contributed by atoms with E-state index in [4.69, 9.17) is 20.7 Å². The predicted octanol–water partition coefficient (Wildman–Crippen LogP) is 7.03. The summed E-state index contributed by atoms with van der Waals surface area (Å²) >= 11 is -5.06. The Morgan fingerprint density at radius 2 is 1.34 bits per heavy atom. The maximum absolute atomic E-state index is 13.7. The number of carbonyl (C=O) groups excluding carboxylic acids is 2. The zero-order valence-electron chi connectivity index (χ0n) is 28.6. The number of benzene rings is 4. The van der Waals surface area contributed by atoms with E-state index in [0.717, 1.165) is 19.1 Å². The van der Waals surface area contributed by atoms with Crippen LogP contribution in [0.2, 0.25) is 0 Å². The number of hydrogen-bond donors (Lipinski definition) is 4. The van der Waals surface area contributed by atoms with Gasteiger partial charge in [0.2, 0.25) is 0 Å². The fourth-order valence-corrected chi connectivity index (χ4v) is 7.76. The SMILES string of the molecule is C/C1=C(\C(=O)Nc2ccccc2)N=Nc2cc([N+](=O)[O-])cc(S(=O)(=O)O)c2[O][Co]2([O]/C=C(/C(=O)Nc3ccccc3)N=Nc3cc([N+](=O)[O-])cc(SOOO)c3[O]2)[O]1. The molecule has 2 aliphatic rings. The number of rotatable bonds is 10. The number of amides is 2. The van der Waals surface area contributed by atoms with Crippen molar-refractivity contribution in [3.63, 3.8) is 0 Å². The standard InChI is InChI=1S/C16H14N4O8S.C15H12N4O8S.Co/c1-9(21)14(16(23)17-10-5-3-2-4-6-10)19-18-12-7-11(20(24)25)8-13(15(12)22)29(26,27)28;20-8-12(15(22)16-9-4-2-1-3-5-9)18-17-11-6-10(19(23)24)7-13(14(11)21)28-27-26-25;/h2-8,21-22H,1H3,(H,17,23)(H,26,27,28);1-8,20-21,25H,(H,16,22);/q;;+4/p-4/b14-9-,19-18?;12-8-,18-17?;. The van der Waals surface area contributed by atoms with Gasteiger partial charge in [0.1, 0.15) is 0 Å². The number of allylic oxidation sites excluding steroid dienone is 1. The zero-order valence-corrected chi connectivity index (χ0v) is 31.3. The van der Waals surface area contributed by atoms with Crippen molar-refractivity contribution in [2.75, 3.05) is 10.6 Å². The maximum atomic E-state index is 13.7. The van der Waals surface area contributed by atoms with Gasteiger partial charge in [-0.15, -0.1) is 0 Å². The summed E-state index contributed by atoms with van der Waals surface area (Å²) in [6, 6.07) is 18.4. The molecule has 0 aromatic heterocycles. The molecule has 303 valence electrons. The molecule has 0 saturated carbocycles. The van der Waals surface area contributed by atoms with E-state index in [1.54, 1.807) is 36.4 Å². The van der Waals surface area contributed by atoms with Crippen LogP contribution >= 0.6 is 12.0 Å². The van der Waals surface area contributed by atoms with E-state index in [1.807, 2.05) is 0 Å². The molecule has 2 aliphatic heterocycles. The summed E-state index contributed by atoms with van der Waals surface area (Å²) < 4.78 is 64.6. The van der Waals surface area contributed by atoms with Gasteiger partial charge in [0, 0.05) is 0 Å². The van der Waals surface area contributed by atoms with Crippen molar-refractivity contribution in [2.45, 2.75) is 16.7 Å². The van der Waals surface area contributed by atoms with E-state index in [1.165, 1.54) is 24.3 Å². The number of nitrogens with one attached hydrogen (secondary N) is 2. The van der Waals surface area contributed by atoms with Crippen LogP contribution in [0.25, 0.3) is 0 Å². The van der Waals surface area contributed by atoms with Crippen molar-refractivity contribution in [1.29, 1.82) is 0 Å². The Balaban J connectivity index is 1.65. The van der Waals surface area contributed by atoms with Gasteiger partial charge in [-0.25, -0.2) is 0 Å². The van der Waals surface area contributed by atoms with Gasteiger partial charge in [0.25, 0.3) is 0 Å². The van der Waals surface area contributed by atoms with Crippen molar-refractivity contribution >= 4 is 68.1 Å². The fraction of sp³-hybridized carbons (Fsp3) is 0.0323. The van der Waals surface area contributed by atoms with Crippen LogP contribution in [0.5, 0.6) is 11.5 Å². The van der Waals surface area contributed by atoms with E-state index in [2.05, 4.69) is 40.5 Å². The number of hydrogen-bond acceptors (Lipinski definition) is 20. The van der Waals surface area contributed by atoms with Crippen LogP contribution in [-0.2, 0) is 50.7 Å². The first-order valence-electron chi connectivity index (χ1n) is 15.4. The quantitative estimate of drug-likeness (QED) is 0.0408. The van der Waals surface area contributed by atoms with Gasteiger partial charge < -0.3 is 0 Å². The molecule has 58 heavy (non-hydrogen) atoms. The molecule has 0 fully saturated rings. The topological polar surface area (TPSA) is 324 Å². The summed E-state index contributed by atoms with van der Waals surface area (Å²) in [5.74, 6) is -4.32. The van der Waals surface area contributed by atoms with Gasteiger partial charge in [-0.3, -0.25) is 0 Å². The van der Waals surface area contributed by atoms with Gasteiger partial charge >= 0.3 is 332 Å². The monoisotopic (exact) mass is 885 g/mol. The number of para-hydroxylation sites is 2.